The number of nitrogens with one attached hydrogen (secondary N) is 1. The fraction of sp³-hybridized carbons (Fsp3) is 1.00. The Balaban J connectivity index is 1.94. The second-order valence-electron chi connectivity index (χ2n) is 5.24. The molecule has 1 aliphatic carbocycles. The lowest BCUT2D eigenvalue weighted by atomic mass is 10.0. The fourth-order valence-electron chi connectivity index (χ4n) is 3.31. The predicted molar refractivity (Wildman–Crippen MR) is 66.7 cm³/mol. The summed E-state index contributed by atoms with van der Waals surface area (Å²) in [5.74, 6) is 0. The molecule has 94 valence electrons. The van der Waals surface area contributed by atoms with Gasteiger partial charge in [0, 0.05) is 32.3 Å². The van der Waals surface area contributed by atoms with Gasteiger partial charge in [-0.25, -0.2) is 0 Å². The molecule has 3 atom stereocenters. The summed E-state index contributed by atoms with van der Waals surface area (Å²) in [7, 11) is 3.96. The second kappa shape index (κ2) is 5.99. The highest BCUT2D eigenvalue weighted by Gasteiger charge is 2.32. The van der Waals surface area contributed by atoms with Crippen LogP contribution in [0.5, 0.6) is 0 Å². The summed E-state index contributed by atoms with van der Waals surface area (Å²) in [6, 6.07) is 1.44. The molecule has 0 aromatic carbocycles. The molecule has 1 saturated heterocycles. The maximum absolute atomic E-state index is 5.47. The third-order valence-electron chi connectivity index (χ3n) is 4.33. The van der Waals surface area contributed by atoms with E-state index in [0.717, 1.165) is 12.6 Å². The fourth-order valence-corrected chi connectivity index (χ4v) is 3.31. The Morgan fingerprint density at radius 1 is 1.12 bits per heavy atom. The van der Waals surface area contributed by atoms with Gasteiger partial charge in [0.15, 0.2) is 0 Å². The molecule has 3 heteroatoms. The van der Waals surface area contributed by atoms with Crippen LogP contribution in [-0.2, 0) is 4.74 Å². The van der Waals surface area contributed by atoms with E-state index >= 15 is 0 Å². The van der Waals surface area contributed by atoms with E-state index < -0.39 is 0 Å². The molecule has 2 rings (SSSR count). The molecule has 0 radical (unpaired) electrons. The second-order valence-corrected chi connectivity index (χ2v) is 5.24. The average Bonchev–Trinajstić information content (AvgIpc) is 2.66. The lowest BCUT2D eigenvalue weighted by Gasteiger charge is -2.33. The third kappa shape index (κ3) is 2.76. The minimum atomic E-state index is 0.473. The predicted octanol–water partition coefficient (Wildman–Crippen LogP) is 1.63. The summed E-state index contributed by atoms with van der Waals surface area (Å²) in [5.41, 5.74) is 0. The van der Waals surface area contributed by atoms with E-state index in [1.807, 2.05) is 7.11 Å². The van der Waals surface area contributed by atoms with Crippen molar-refractivity contribution in [1.82, 2.24) is 10.2 Å². The summed E-state index contributed by atoms with van der Waals surface area (Å²) >= 11 is 0. The van der Waals surface area contributed by atoms with Crippen LogP contribution in [-0.4, -0.2) is 50.3 Å². The largest absolute Gasteiger partial charge is 0.380 e. The molecule has 2 aliphatic rings. The molecule has 0 aromatic rings. The molecule has 16 heavy (non-hydrogen) atoms. The Bertz CT molecular complexity index is 210. The Morgan fingerprint density at radius 3 is 2.62 bits per heavy atom. The molecule has 0 spiro atoms. The zero-order chi connectivity index (χ0) is 11.4. The number of rotatable bonds is 3. The Hall–Kier alpha value is -0.120. The zero-order valence-corrected chi connectivity index (χ0v) is 10.7. The van der Waals surface area contributed by atoms with E-state index in [1.54, 1.807) is 0 Å². The summed E-state index contributed by atoms with van der Waals surface area (Å²) in [4.78, 5) is 2.65. The molecule has 0 bridgehead atoms. The van der Waals surface area contributed by atoms with Gasteiger partial charge in [-0.3, -0.25) is 4.90 Å². The van der Waals surface area contributed by atoms with Gasteiger partial charge in [-0.15, -0.1) is 0 Å². The van der Waals surface area contributed by atoms with Crippen molar-refractivity contribution in [2.24, 2.45) is 0 Å². The van der Waals surface area contributed by atoms with Crippen LogP contribution in [0.4, 0.5) is 0 Å². The molecule has 3 nitrogen and oxygen atoms in total. The van der Waals surface area contributed by atoms with Crippen LogP contribution < -0.4 is 5.32 Å². The van der Waals surface area contributed by atoms with Crippen LogP contribution in [0.15, 0.2) is 0 Å². The normalized spacial score (nSPS) is 37.5. The zero-order valence-electron chi connectivity index (χ0n) is 10.7. The lowest BCUT2D eigenvalue weighted by molar-refractivity contribution is 0.0943. The Labute approximate surface area is 99.5 Å². The number of ether oxygens (including phenoxy) is 1. The average molecular weight is 226 g/mol. The van der Waals surface area contributed by atoms with Gasteiger partial charge in [0.2, 0.25) is 0 Å². The summed E-state index contributed by atoms with van der Waals surface area (Å²) in [5, 5.41) is 3.52. The Kier molecular flexibility index (Phi) is 4.62. The van der Waals surface area contributed by atoms with Crippen molar-refractivity contribution in [2.45, 2.75) is 56.7 Å². The van der Waals surface area contributed by atoms with Gasteiger partial charge < -0.3 is 10.1 Å². The van der Waals surface area contributed by atoms with Crippen molar-refractivity contribution in [1.29, 1.82) is 0 Å². The number of likely N-dealkylation sites (tertiary alicyclic amines) is 1. The first-order valence-electron chi connectivity index (χ1n) is 6.79. The maximum Gasteiger partial charge on any atom is 0.0710 e. The summed E-state index contributed by atoms with van der Waals surface area (Å²) in [6.45, 7) is 2.36. The van der Waals surface area contributed by atoms with Gasteiger partial charge in [-0.05, 0) is 26.3 Å². The van der Waals surface area contributed by atoms with E-state index in [1.165, 1.54) is 45.1 Å². The smallest absolute Gasteiger partial charge is 0.0710 e. The molecule has 3 unspecified atom stereocenters. The van der Waals surface area contributed by atoms with E-state index in [4.69, 9.17) is 4.74 Å². The highest BCUT2D eigenvalue weighted by atomic mass is 16.5. The van der Waals surface area contributed by atoms with Gasteiger partial charge in [-0.1, -0.05) is 19.3 Å². The first-order chi connectivity index (χ1) is 7.85. The van der Waals surface area contributed by atoms with Crippen molar-refractivity contribution in [3.63, 3.8) is 0 Å². The minimum Gasteiger partial charge on any atom is -0.380 e. The number of hydrogen-bond acceptors (Lipinski definition) is 3. The minimum absolute atomic E-state index is 0.473. The first kappa shape index (κ1) is 12.3. The molecule has 0 aromatic heterocycles. The highest BCUT2D eigenvalue weighted by molar-refractivity contribution is 4.90. The number of nitrogens with zero attached hydrogens (tertiary/aromatic N) is 1. The van der Waals surface area contributed by atoms with E-state index in [9.17, 15) is 0 Å². The van der Waals surface area contributed by atoms with E-state index in [2.05, 4.69) is 17.3 Å². The van der Waals surface area contributed by atoms with Crippen LogP contribution >= 0.6 is 0 Å². The number of hydrogen-bond donors (Lipinski definition) is 1. The van der Waals surface area contributed by atoms with E-state index in [0.29, 0.717) is 12.1 Å². The number of likely N-dealkylation sites (N-methyl/N-ethyl adjacent to an activating group) is 1. The standard InChI is InChI=1S/C13H26N2O/c1-14-12-6-4-3-5-7-13(12)15-9-8-11(10-15)16-2/h11-14H,3-10H2,1-2H3. The molecule has 0 amide bonds. The maximum atomic E-state index is 5.47. The first-order valence-corrected chi connectivity index (χ1v) is 6.79. The van der Waals surface area contributed by atoms with Crippen molar-refractivity contribution in [3.05, 3.63) is 0 Å². The highest BCUT2D eigenvalue weighted by Crippen LogP contribution is 2.26. The lowest BCUT2D eigenvalue weighted by Crippen LogP contribution is -2.48. The molecule has 1 aliphatic heterocycles. The quantitative estimate of drug-likeness (QED) is 0.740. The van der Waals surface area contributed by atoms with Gasteiger partial charge in [0.1, 0.15) is 0 Å². The molecule has 1 heterocycles. The molecule has 2 fully saturated rings. The van der Waals surface area contributed by atoms with Crippen LogP contribution in [0.3, 0.4) is 0 Å². The van der Waals surface area contributed by atoms with Crippen molar-refractivity contribution < 1.29 is 4.74 Å². The van der Waals surface area contributed by atoms with Crippen molar-refractivity contribution in [2.75, 3.05) is 27.2 Å². The van der Waals surface area contributed by atoms with Gasteiger partial charge in [0.25, 0.3) is 0 Å². The van der Waals surface area contributed by atoms with Gasteiger partial charge >= 0.3 is 0 Å². The van der Waals surface area contributed by atoms with Crippen LogP contribution in [0.25, 0.3) is 0 Å². The number of methoxy groups -OCH3 is 1. The van der Waals surface area contributed by atoms with Gasteiger partial charge in [-0.2, -0.15) is 0 Å². The van der Waals surface area contributed by atoms with Gasteiger partial charge in [0.05, 0.1) is 6.10 Å². The topological polar surface area (TPSA) is 24.5 Å². The summed E-state index contributed by atoms with van der Waals surface area (Å²) in [6.07, 6.45) is 8.60. The van der Waals surface area contributed by atoms with E-state index in [-0.39, 0.29) is 0 Å². The molecular formula is C13H26N2O. The van der Waals surface area contributed by atoms with Crippen LogP contribution in [0.1, 0.15) is 38.5 Å². The van der Waals surface area contributed by atoms with Crippen molar-refractivity contribution >= 4 is 0 Å². The van der Waals surface area contributed by atoms with Crippen molar-refractivity contribution in [3.8, 4) is 0 Å². The monoisotopic (exact) mass is 226 g/mol. The third-order valence-corrected chi connectivity index (χ3v) is 4.33. The summed E-state index contributed by atoms with van der Waals surface area (Å²) < 4.78 is 5.47. The Morgan fingerprint density at radius 2 is 1.94 bits per heavy atom. The SMILES string of the molecule is CNC1CCCCCC1N1CCC(OC)C1. The van der Waals surface area contributed by atoms with Crippen LogP contribution in [0, 0.1) is 0 Å². The molecule has 1 saturated carbocycles. The van der Waals surface area contributed by atoms with Crippen LogP contribution in [0.2, 0.25) is 0 Å². The molecular weight excluding hydrogens is 200 g/mol. The molecule has 1 N–H and O–H groups in total.